The van der Waals surface area contributed by atoms with Crippen LogP contribution in [0.5, 0.6) is 0 Å². The molecule has 1 aromatic rings. The van der Waals surface area contributed by atoms with E-state index in [0.717, 1.165) is 12.5 Å². The summed E-state index contributed by atoms with van der Waals surface area (Å²) in [6.45, 7) is 1.32. The number of hydrogen-bond donors (Lipinski definition) is 0. The Kier molecular flexibility index (Phi) is 7.15. The summed E-state index contributed by atoms with van der Waals surface area (Å²) < 4.78 is 21.6. The molecule has 4 nitrogen and oxygen atoms in total. The minimum atomic E-state index is -2.43. The van der Waals surface area contributed by atoms with E-state index in [9.17, 15) is 0 Å². The standard InChI is InChI=1S/C13H22O4Si/c1-14-18(15-2,16-3)11-7-10-17-12-13-8-5-4-6-9-13/h4-6,8-9H,7,10-12H2,1-3H3. The average molecular weight is 270 g/mol. The lowest BCUT2D eigenvalue weighted by molar-refractivity contribution is 0.101. The molecule has 102 valence electrons. The molecule has 0 bridgehead atoms. The van der Waals surface area contributed by atoms with Gasteiger partial charge in [0.05, 0.1) is 6.61 Å². The largest absolute Gasteiger partial charge is 0.500 e. The molecule has 0 saturated carbocycles. The van der Waals surface area contributed by atoms with Crippen LogP contribution in [0.1, 0.15) is 12.0 Å². The highest BCUT2D eigenvalue weighted by molar-refractivity contribution is 6.60. The molecule has 0 amide bonds. The molecule has 0 atom stereocenters. The Balaban J connectivity index is 2.18. The van der Waals surface area contributed by atoms with E-state index in [4.69, 9.17) is 18.0 Å². The first kappa shape index (κ1) is 15.3. The number of ether oxygens (including phenoxy) is 1. The Bertz CT molecular complexity index is 306. The summed E-state index contributed by atoms with van der Waals surface area (Å²) in [5, 5.41) is 0. The lowest BCUT2D eigenvalue weighted by Gasteiger charge is -2.24. The third-order valence-corrected chi connectivity index (χ3v) is 5.65. The van der Waals surface area contributed by atoms with Crippen LogP contribution in [0.25, 0.3) is 0 Å². The molecule has 0 aliphatic carbocycles. The van der Waals surface area contributed by atoms with Gasteiger partial charge in [0.25, 0.3) is 0 Å². The molecule has 0 unspecified atom stereocenters. The average Bonchev–Trinajstić information content (AvgIpc) is 2.45. The zero-order chi connectivity index (χ0) is 13.3. The molecule has 0 heterocycles. The van der Waals surface area contributed by atoms with Gasteiger partial charge in [-0.25, -0.2) is 0 Å². The van der Waals surface area contributed by atoms with Gasteiger partial charge in [-0.1, -0.05) is 30.3 Å². The van der Waals surface area contributed by atoms with E-state index in [-0.39, 0.29) is 0 Å². The van der Waals surface area contributed by atoms with Crippen LogP contribution < -0.4 is 0 Å². The van der Waals surface area contributed by atoms with Crippen LogP contribution >= 0.6 is 0 Å². The van der Waals surface area contributed by atoms with Gasteiger partial charge in [-0.05, 0) is 12.0 Å². The Hall–Kier alpha value is -0.723. The number of benzene rings is 1. The minimum Gasteiger partial charge on any atom is -0.377 e. The molecule has 0 aromatic heterocycles. The van der Waals surface area contributed by atoms with Crippen molar-refractivity contribution in [3.63, 3.8) is 0 Å². The normalized spacial score (nSPS) is 11.7. The summed E-state index contributed by atoms with van der Waals surface area (Å²) in [6.07, 6.45) is 0.870. The summed E-state index contributed by atoms with van der Waals surface area (Å²) in [4.78, 5) is 0. The quantitative estimate of drug-likeness (QED) is 0.510. The van der Waals surface area contributed by atoms with Gasteiger partial charge in [0.1, 0.15) is 0 Å². The molecular weight excluding hydrogens is 248 g/mol. The van der Waals surface area contributed by atoms with E-state index in [0.29, 0.717) is 13.2 Å². The SMILES string of the molecule is CO[Si](CCCOCc1ccccc1)(OC)OC. The monoisotopic (exact) mass is 270 g/mol. The van der Waals surface area contributed by atoms with E-state index in [1.54, 1.807) is 21.3 Å². The van der Waals surface area contributed by atoms with Gasteiger partial charge < -0.3 is 18.0 Å². The van der Waals surface area contributed by atoms with Crippen LogP contribution in [0.3, 0.4) is 0 Å². The first-order valence-electron chi connectivity index (χ1n) is 6.03. The molecule has 18 heavy (non-hydrogen) atoms. The van der Waals surface area contributed by atoms with Gasteiger partial charge >= 0.3 is 8.80 Å². The first-order chi connectivity index (χ1) is 8.76. The lowest BCUT2D eigenvalue weighted by atomic mass is 10.2. The summed E-state index contributed by atoms with van der Waals surface area (Å²) in [7, 11) is 2.46. The van der Waals surface area contributed by atoms with Crippen molar-refractivity contribution >= 4 is 8.80 Å². The van der Waals surface area contributed by atoms with Crippen LogP contribution in [-0.4, -0.2) is 36.7 Å². The third-order valence-electron chi connectivity index (χ3n) is 2.82. The topological polar surface area (TPSA) is 36.9 Å². The summed E-state index contributed by atoms with van der Waals surface area (Å²) in [5.41, 5.74) is 1.19. The minimum absolute atomic E-state index is 0.641. The fourth-order valence-corrected chi connectivity index (χ4v) is 3.40. The molecule has 0 aliphatic heterocycles. The maximum Gasteiger partial charge on any atom is 0.500 e. The van der Waals surface area contributed by atoms with Crippen LogP contribution in [0.15, 0.2) is 30.3 Å². The lowest BCUT2D eigenvalue weighted by Crippen LogP contribution is -2.42. The second kappa shape index (κ2) is 8.39. The van der Waals surface area contributed by atoms with Crippen LogP contribution in [0.2, 0.25) is 6.04 Å². The highest BCUT2D eigenvalue weighted by atomic mass is 28.4. The maximum absolute atomic E-state index is 5.60. The zero-order valence-corrected chi connectivity index (χ0v) is 12.3. The van der Waals surface area contributed by atoms with E-state index in [2.05, 4.69) is 12.1 Å². The van der Waals surface area contributed by atoms with Crippen molar-refractivity contribution in [2.24, 2.45) is 0 Å². The van der Waals surface area contributed by atoms with Gasteiger partial charge in [0, 0.05) is 34.0 Å². The highest BCUT2D eigenvalue weighted by Gasteiger charge is 2.36. The van der Waals surface area contributed by atoms with E-state index in [1.165, 1.54) is 5.56 Å². The second-order valence-corrected chi connectivity index (χ2v) is 7.03. The van der Waals surface area contributed by atoms with Crippen molar-refractivity contribution in [1.29, 1.82) is 0 Å². The Morgan fingerprint density at radius 1 is 0.944 bits per heavy atom. The van der Waals surface area contributed by atoms with Crippen LogP contribution in [0, 0.1) is 0 Å². The highest BCUT2D eigenvalue weighted by Crippen LogP contribution is 2.15. The fraction of sp³-hybridized carbons (Fsp3) is 0.538. The molecule has 1 rings (SSSR count). The zero-order valence-electron chi connectivity index (χ0n) is 11.3. The van der Waals surface area contributed by atoms with Crippen LogP contribution in [0.4, 0.5) is 0 Å². The number of hydrogen-bond acceptors (Lipinski definition) is 4. The van der Waals surface area contributed by atoms with Gasteiger partial charge in [0.15, 0.2) is 0 Å². The van der Waals surface area contributed by atoms with Crippen molar-refractivity contribution in [2.75, 3.05) is 27.9 Å². The molecule has 0 fully saturated rings. The Morgan fingerprint density at radius 3 is 2.11 bits per heavy atom. The molecule has 0 aliphatic rings. The summed E-state index contributed by atoms with van der Waals surface area (Å²) in [5.74, 6) is 0. The Morgan fingerprint density at radius 2 is 1.56 bits per heavy atom. The van der Waals surface area contributed by atoms with Gasteiger partial charge in [-0.2, -0.15) is 0 Å². The third kappa shape index (κ3) is 4.87. The van der Waals surface area contributed by atoms with E-state index < -0.39 is 8.80 Å². The maximum atomic E-state index is 5.60. The van der Waals surface area contributed by atoms with Crippen molar-refractivity contribution in [1.82, 2.24) is 0 Å². The second-order valence-electron chi connectivity index (χ2n) is 3.94. The first-order valence-corrected chi connectivity index (χ1v) is 7.96. The van der Waals surface area contributed by atoms with Crippen molar-refractivity contribution < 1.29 is 18.0 Å². The van der Waals surface area contributed by atoms with Crippen molar-refractivity contribution in [3.8, 4) is 0 Å². The van der Waals surface area contributed by atoms with E-state index in [1.807, 2.05) is 18.2 Å². The van der Waals surface area contributed by atoms with Crippen molar-refractivity contribution in [2.45, 2.75) is 19.1 Å². The smallest absolute Gasteiger partial charge is 0.377 e. The molecule has 0 spiro atoms. The predicted octanol–water partition coefficient (Wildman–Crippen LogP) is 2.47. The summed E-state index contributed by atoms with van der Waals surface area (Å²) in [6, 6.07) is 10.9. The predicted molar refractivity (Wildman–Crippen MR) is 72.3 cm³/mol. The fourth-order valence-electron chi connectivity index (χ4n) is 1.71. The number of rotatable bonds is 9. The van der Waals surface area contributed by atoms with Gasteiger partial charge in [0.2, 0.25) is 0 Å². The molecule has 0 radical (unpaired) electrons. The molecule has 5 heteroatoms. The van der Waals surface area contributed by atoms with Crippen molar-refractivity contribution in [3.05, 3.63) is 35.9 Å². The molecule has 0 saturated heterocycles. The van der Waals surface area contributed by atoms with Gasteiger partial charge in [-0.3, -0.25) is 0 Å². The van der Waals surface area contributed by atoms with Gasteiger partial charge in [-0.15, -0.1) is 0 Å². The summed E-state index contributed by atoms with van der Waals surface area (Å²) >= 11 is 0. The molecule has 1 aromatic carbocycles. The molecular formula is C13H22O4Si. The molecule has 0 N–H and O–H groups in total. The van der Waals surface area contributed by atoms with Crippen LogP contribution in [-0.2, 0) is 24.6 Å². The Labute approximate surface area is 110 Å². The van der Waals surface area contributed by atoms with E-state index >= 15 is 0 Å².